The van der Waals surface area contributed by atoms with Crippen LogP contribution in [-0.4, -0.2) is 14.8 Å². The van der Waals surface area contributed by atoms with Gasteiger partial charge in [-0.1, -0.05) is 48.5 Å². The maximum atomic E-state index is 5.99. The van der Waals surface area contributed by atoms with Crippen molar-refractivity contribution in [2.45, 2.75) is 0 Å². The number of nitrogens with zero attached hydrogens (tertiary/aromatic N) is 3. The van der Waals surface area contributed by atoms with E-state index in [1.807, 2.05) is 43.8 Å². The zero-order valence-electron chi connectivity index (χ0n) is 12.8. The molecular weight excluding hydrogens is 284 g/mol. The van der Waals surface area contributed by atoms with Crippen molar-refractivity contribution in [3.8, 4) is 22.3 Å². The summed E-state index contributed by atoms with van der Waals surface area (Å²) in [5.41, 5.74) is 10.5. The SMILES string of the molecule is Cn1cc(-c2ccc(-c3cnc(N)c4ccccc34)cc2)cn1. The van der Waals surface area contributed by atoms with Crippen LogP contribution in [0.15, 0.2) is 67.1 Å². The van der Waals surface area contributed by atoms with Gasteiger partial charge in [0.1, 0.15) is 5.82 Å². The van der Waals surface area contributed by atoms with Crippen LogP contribution in [0.1, 0.15) is 0 Å². The third kappa shape index (κ3) is 2.34. The number of anilines is 1. The van der Waals surface area contributed by atoms with E-state index in [0.717, 1.165) is 33.0 Å². The predicted octanol–water partition coefficient (Wildman–Crippen LogP) is 3.88. The number of aryl methyl sites for hydroxylation is 1. The Morgan fingerprint density at radius 3 is 2.22 bits per heavy atom. The van der Waals surface area contributed by atoms with Crippen LogP contribution in [0.2, 0.25) is 0 Å². The fourth-order valence-electron chi connectivity index (χ4n) is 2.86. The molecule has 4 heteroatoms. The van der Waals surface area contributed by atoms with Crippen molar-refractivity contribution in [2.24, 2.45) is 7.05 Å². The fraction of sp³-hybridized carbons (Fsp3) is 0.0526. The Hall–Kier alpha value is -3.14. The molecule has 4 aromatic rings. The van der Waals surface area contributed by atoms with E-state index in [1.165, 1.54) is 0 Å². The van der Waals surface area contributed by atoms with Gasteiger partial charge in [-0.2, -0.15) is 5.10 Å². The molecule has 0 saturated heterocycles. The quantitative estimate of drug-likeness (QED) is 0.611. The van der Waals surface area contributed by atoms with Gasteiger partial charge in [0, 0.05) is 36.0 Å². The van der Waals surface area contributed by atoms with Crippen molar-refractivity contribution in [1.82, 2.24) is 14.8 Å². The second kappa shape index (κ2) is 5.25. The number of aromatic nitrogens is 3. The lowest BCUT2D eigenvalue weighted by Crippen LogP contribution is -1.93. The monoisotopic (exact) mass is 300 g/mol. The molecule has 112 valence electrons. The highest BCUT2D eigenvalue weighted by Gasteiger charge is 2.08. The third-order valence-electron chi connectivity index (χ3n) is 4.06. The van der Waals surface area contributed by atoms with Gasteiger partial charge in [-0.05, 0) is 16.5 Å². The molecule has 0 aliphatic carbocycles. The van der Waals surface area contributed by atoms with Gasteiger partial charge in [-0.25, -0.2) is 4.98 Å². The summed E-state index contributed by atoms with van der Waals surface area (Å²) in [5, 5.41) is 6.32. The second-order valence-electron chi connectivity index (χ2n) is 5.58. The summed E-state index contributed by atoms with van der Waals surface area (Å²) in [7, 11) is 1.92. The molecule has 2 heterocycles. The zero-order valence-corrected chi connectivity index (χ0v) is 12.8. The van der Waals surface area contributed by atoms with Gasteiger partial charge in [0.15, 0.2) is 0 Å². The summed E-state index contributed by atoms with van der Waals surface area (Å²) in [6.45, 7) is 0. The number of nitrogen functional groups attached to an aromatic ring is 1. The molecule has 0 atom stereocenters. The largest absolute Gasteiger partial charge is 0.383 e. The van der Waals surface area contributed by atoms with Crippen LogP contribution in [0.4, 0.5) is 5.82 Å². The first-order valence-corrected chi connectivity index (χ1v) is 7.45. The minimum Gasteiger partial charge on any atom is -0.383 e. The predicted molar refractivity (Wildman–Crippen MR) is 93.8 cm³/mol. The van der Waals surface area contributed by atoms with Gasteiger partial charge < -0.3 is 5.73 Å². The van der Waals surface area contributed by atoms with E-state index in [1.54, 1.807) is 4.68 Å². The Kier molecular flexibility index (Phi) is 3.08. The third-order valence-corrected chi connectivity index (χ3v) is 4.06. The number of hydrogen-bond donors (Lipinski definition) is 1. The smallest absolute Gasteiger partial charge is 0.131 e. The van der Waals surface area contributed by atoms with E-state index < -0.39 is 0 Å². The van der Waals surface area contributed by atoms with E-state index >= 15 is 0 Å². The van der Waals surface area contributed by atoms with Gasteiger partial charge in [0.25, 0.3) is 0 Å². The van der Waals surface area contributed by atoms with Crippen molar-refractivity contribution in [3.63, 3.8) is 0 Å². The topological polar surface area (TPSA) is 56.7 Å². The van der Waals surface area contributed by atoms with Crippen molar-refractivity contribution in [3.05, 3.63) is 67.1 Å². The molecule has 2 aromatic heterocycles. The minimum absolute atomic E-state index is 0.566. The first-order valence-electron chi connectivity index (χ1n) is 7.45. The number of nitrogens with two attached hydrogens (primary N) is 1. The summed E-state index contributed by atoms with van der Waals surface area (Å²) in [5.74, 6) is 0.566. The number of hydrogen-bond acceptors (Lipinski definition) is 3. The maximum absolute atomic E-state index is 5.99. The van der Waals surface area contributed by atoms with Crippen LogP contribution in [-0.2, 0) is 7.05 Å². The molecule has 0 bridgehead atoms. The molecule has 0 saturated carbocycles. The molecule has 0 fully saturated rings. The van der Waals surface area contributed by atoms with Crippen molar-refractivity contribution in [1.29, 1.82) is 0 Å². The highest BCUT2D eigenvalue weighted by molar-refractivity contribution is 6.01. The van der Waals surface area contributed by atoms with Crippen molar-refractivity contribution in [2.75, 3.05) is 5.73 Å². The Labute approximate surface area is 134 Å². The van der Waals surface area contributed by atoms with E-state index in [-0.39, 0.29) is 0 Å². The van der Waals surface area contributed by atoms with E-state index in [0.29, 0.717) is 5.82 Å². The molecular formula is C19H16N4. The molecule has 23 heavy (non-hydrogen) atoms. The van der Waals surface area contributed by atoms with Crippen LogP contribution < -0.4 is 5.73 Å². The fourth-order valence-corrected chi connectivity index (χ4v) is 2.86. The summed E-state index contributed by atoms with van der Waals surface area (Å²) in [6, 6.07) is 16.5. The Morgan fingerprint density at radius 2 is 1.52 bits per heavy atom. The summed E-state index contributed by atoms with van der Waals surface area (Å²) < 4.78 is 1.81. The molecule has 4 rings (SSSR count). The number of rotatable bonds is 2. The molecule has 0 radical (unpaired) electrons. The first kappa shape index (κ1) is 13.5. The lowest BCUT2D eigenvalue weighted by molar-refractivity contribution is 0.768. The molecule has 0 aliphatic heterocycles. The van der Waals surface area contributed by atoms with Crippen molar-refractivity contribution >= 4 is 16.6 Å². The Bertz CT molecular complexity index is 984. The van der Waals surface area contributed by atoms with Crippen LogP contribution in [0.5, 0.6) is 0 Å². The van der Waals surface area contributed by atoms with Crippen LogP contribution in [0.25, 0.3) is 33.0 Å². The average Bonchev–Trinajstić information content (AvgIpc) is 3.02. The second-order valence-corrected chi connectivity index (χ2v) is 5.58. The maximum Gasteiger partial charge on any atom is 0.131 e. The highest BCUT2D eigenvalue weighted by atomic mass is 15.2. The van der Waals surface area contributed by atoms with Crippen LogP contribution >= 0.6 is 0 Å². The normalized spacial score (nSPS) is 11.0. The van der Waals surface area contributed by atoms with E-state index in [4.69, 9.17) is 5.73 Å². The minimum atomic E-state index is 0.566. The summed E-state index contributed by atoms with van der Waals surface area (Å²) in [6.07, 6.45) is 5.72. The van der Waals surface area contributed by atoms with E-state index in [2.05, 4.69) is 40.4 Å². The average molecular weight is 300 g/mol. The van der Waals surface area contributed by atoms with Gasteiger partial charge >= 0.3 is 0 Å². The van der Waals surface area contributed by atoms with E-state index in [9.17, 15) is 0 Å². The molecule has 0 spiro atoms. The number of fused-ring (bicyclic) bond motifs is 1. The Morgan fingerprint density at radius 1 is 0.826 bits per heavy atom. The zero-order chi connectivity index (χ0) is 15.8. The first-order chi connectivity index (χ1) is 11.2. The number of benzene rings is 2. The lowest BCUT2D eigenvalue weighted by Gasteiger charge is -2.09. The molecule has 0 aliphatic rings. The van der Waals surface area contributed by atoms with Crippen molar-refractivity contribution < 1.29 is 0 Å². The van der Waals surface area contributed by atoms with Crippen LogP contribution in [0, 0.1) is 0 Å². The lowest BCUT2D eigenvalue weighted by atomic mass is 9.98. The van der Waals surface area contributed by atoms with Crippen LogP contribution in [0.3, 0.4) is 0 Å². The van der Waals surface area contributed by atoms with Gasteiger partial charge in [0.05, 0.1) is 6.20 Å². The van der Waals surface area contributed by atoms with Gasteiger partial charge in [-0.15, -0.1) is 0 Å². The van der Waals surface area contributed by atoms with Gasteiger partial charge in [-0.3, -0.25) is 4.68 Å². The van der Waals surface area contributed by atoms with Gasteiger partial charge in [0.2, 0.25) is 0 Å². The highest BCUT2D eigenvalue weighted by Crippen LogP contribution is 2.31. The molecule has 4 nitrogen and oxygen atoms in total. The molecule has 2 N–H and O–H groups in total. The molecule has 0 amide bonds. The summed E-state index contributed by atoms with van der Waals surface area (Å²) in [4.78, 5) is 4.33. The molecule has 0 unspecified atom stereocenters. The standard InChI is InChI=1S/C19H16N4/c1-23-12-15(10-22-23)13-6-8-14(9-7-13)18-11-21-19(20)17-5-3-2-4-16(17)18/h2-12H,1H3,(H2,20,21). The number of pyridine rings is 1. The summed E-state index contributed by atoms with van der Waals surface area (Å²) >= 11 is 0. The molecule has 2 aromatic carbocycles. The Balaban J connectivity index is 1.81.